The molecular weight excluding hydrogens is 266 g/mol. The minimum absolute atomic E-state index is 0.0898. The number of hydrogen-bond donors (Lipinski definition) is 1. The standard InChI is InChI=1S/C17H19NO3/c1-19-12-5-3-11(4-6-12)15-10-21-16-9-13(20-2)7-8-14(16)17(15)18/h3-9,15,17H,10,18H2,1-2H3. The van der Waals surface area contributed by atoms with Gasteiger partial charge in [-0.2, -0.15) is 0 Å². The van der Waals surface area contributed by atoms with Crippen LogP contribution in [0, 0.1) is 0 Å². The lowest BCUT2D eigenvalue weighted by atomic mass is 9.86. The van der Waals surface area contributed by atoms with E-state index in [-0.39, 0.29) is 12.0 Å². The number of rotatable bonds is 3. The molecular formula is C17H19NO3. The second-order valence-electron chi connectivity index (χ2n) is 5.12. The van der Waals surface area contributed by atoms with Crippen LogP contribution in [-0.2, 0) is 0 Å². The van der Waals surface area contributed by atoms with E-state index in [0.29, 0.717) is 6.61 Å². The first-order valence-electron chi connectivity index (χ1n) is 6.93. The monoisotopic (exact) mass is 285 g/mol. The van der Waals surface area contributed by atoms with Gasteiger partial charge in [-0.05, 0) is 23.8 Å². The fraction of sp³-hybridized carbons (Fsp3) is 0.294. The summed E-state index contributed by atoms with van der Waals surface area (Å²) in [7, 11) is 3.30. The predicted molar refractivity (Wildman–Crippen MR) is 81.2 cm³/mol. The van der Waals surface area contributed by atoms with Crippen molar-refractivity contribution >= 4 is 0 Å². The fourth-order valence-corrected chi connectivity index (χ4v) is 2.70. The molecule has 0 saturated carbocycles. The van der Waals surface area contributed by atoms with E-state index in [4.69, 9.17) is 19.9 Å². The van der Waals surface area contributed by atoms with Crippen LogP contribution in [0.4, 0.5) is 0 Å². The maximum atomic E-state index is 6.43. The van der Waals surface area contributed by atoms with Crippen molar-refractivity contribution in [3.63, 3.8) is 0 Å². The van der Waals surface area contributed by atoms with Gasteiger partial charge < -0.3 is 19.9 Å². The molecule has 0 bridgehead atoms. The average Bonchev–Trinajstić information content (AvgIpc) is 2.55. The molecule has 2 N–H and O–H groups in total. The summed E-state index contributed by atoms with van der Waals surface area (Å²) in [4.78, 5) is 0. The van der Waals surface area contributed by atoms with Crippen molar-refractivity contribution in [3.05, 3.63) is 53.6 Å². The smallest absolute Gasteiger partial charge is 0.127 e. The summed E-state index contributed by atoms with van der Waals surface area (Å²) < 4.78 is 16.3. The molecule has 1 aliphatic rings. The minimum atomic E-state index is -0.0898. The van der Waals surface area contributed by atoms with E-state index in [0.717, 1.165) is 28.4 Å². The molecule has 0 amide bonds. The maximum absolute atomic E-state index is 6.43. The van der Waals surface area contributed by atoms with Crippen molar-refractivity contribution in [1.29, 1.82) is 0 Å². The molecule has 0 aromatic heterocycles. The lowest BCUT2D eigenvalue weighted by Gasteiger charge is -2.31. The van der Waals surface area contributed by atoms with Crippen LogP contribution in [0.15, 0.2) is 42.5 Å². The predicted octanol–water partition coefficient (Wildman–Crippen LogP) is 2.88. The van der Waals surface area contributed by atoms with Gasteiger partial charge in [-0.3, -0.25) is 0 Å². The molecule has 1 heterocycles. The van der Waals surface area contributed by atoms with Crippen molar-refractivity contribution < 1.29 is 14.2 Å². The minimum Gasteiger partial charge on any atom is -0.497 e. The van der Waals surface area contributed by atoms with Gasteiger partial charge in [0, 0.05) is 23.6 Å². The second kappa shape index (κ2) is 5.66. The molecule has 0 spiro atoms. The summed E-state index contributed by atoms with van der Waals surface area (Å²) in [5.74, 6) is 2.57. The van der Waals surface area contributed by atoms with E-state index < -0.39 is 0 Å². The van der Waals surface area contributed by atoms with Gasteiger partial charge in [0.2, 0.25) is 0 Å². The number of nitrogens with two attached hydrogens (primary N) is 1. The highest BCUT2D eigenvalue weighted by Gasteiger charge is 2.29. The Morgan fingerprint density at radius 2 is 1.67 bits per heavy atom. The van der Waals surface area contributed by atoms with Gasteiger partial charge in [0.15, 0.2) is 0 Å². The number of methoxy groups -OCH3 is 2. The molecule has 4 nitrogen and oxygen atoms in total. The van der Waals surface area contributed by atoms with Crippen molar-refractivity contribution in [2.75, 3.05) is 20.8 Å². The number of benzene rings is 2. The SMILES string of the molecule is COc1ccc(C2COc3cc(OC)ccc3C2N)cc1. The van der Waals surface area contributed by atoms with E-state index in [1.54, 1.807) is 14.2 Å². The Labute approximate surface area is 124 Å². The maximum Gasteiger partial charge on any atom is 0.127 e. The molecule has 4 heteroatoms. The molecule has 1 aliphatic heterocycles. The molecule has 2 unspecified atom stereocenters. The third kappa shape index (κ3) is 2.54. The van der Waals surface area contributed by atoms with Crippen LogP contribution in [0.5, 0.6) is 17.2 Å². The Bertz CT molecular complexity index is 624. The lowest BCUT2D eigenvalue weighted by molar-refractivity contribution is 0.238. The van der Waals surface area contributed by atoms with Crippen LogP contribution in [0.3, 0.4) is 0 Å². The lowest BCUT2D eigenvalue weighted by Crippen LogP contribution is -2.29. The summed E-state index contributed by atoms with van der Waals surface area (Å²) >= 11 is 0. The van der Waals surface area contributed by atoms with Gasteiger partial charge in [-0.25, -0.2) is 0 Å². The molecule has 110 valence electrons. The quantitative estimate of drug-likeness (QED) is 0.942. The van der Waals surface area contributed by atoms with Crippen LogP contribution in [-0.4, -0.2) is 20.8 Å². The van der Waals surface area contributed by atoms with Crippen molar-refractivity contribution in [2.24, 2.45) is 5.73 Å². The third-order valence-electron chi connectivity index (χ3n) is 3.98. The van der Waals surface area contributed by atoms with Gasteiger partial charge in [0.05, 0.1) is 20.8 Å². The van der Waals surface area contributed by atoms with E-state index in [1.165, 1.54) is 0 Å². The van der Waals surface area contributed by atoms with E-state index in [2.05, 4.69) is 0 Å². The molecule has 0 fully saturated rings. The van der Waals surface area contributed by atoms with Crippen molar-refractivity contribution in [1.82, 2.24) is 0 Å². The zero-order valence-corrected chi connectivity index (χ0v) is 12.2. The molecule has 2 atom stereocenters. The van der Waals surface area contributed by atoms with Gasteiger partial charge >= 0.3 is 0 Å². The second-order valence-corrected chi connectivity index (χ2v) is 5.12. The Kier molecular flexibility index (Phi) is 3.71. The normalized spacial score (nSPS) is 20.3. The van der Waals surface area contributed by atoms with Crippen molar-refractivity contribution in [2.45, 2.75) is 12.0 Å². The van der Waals surface area contributed by atoms with E-state index >= 15 is 0 Å². The summed E-state index contributed by atoms with van der Waals surface area (Å²) in [6.07, 6.45) is 0. The van der Waals surface area contributed by atoms with Crippen molar-refractivity contribution in [3.8, 4) is 17.2 Å². The Morgan fingerprint density at radius 1 is 1.00 bits per heavy atom. The first kappa shape index (κ1) is 13.8. The number of hydrogen-bond acceptors (Lipinski definition) is 4. The molecule has 2 aromatic carbocycles. The largest absolute Gasteiger partial charge is 0.497 e. The van der Waals surface area contributed by atoms with Crippen LogP contribution in [0.25, 0.3) is 0 Å². The fourth-order valence-electron chi connectivity index (χ4n) is 2.70. The van der Waals surface area contributed by atoms with Gasteiger partial charge in [-0.15, -0.1) is 0 Å². The first-order chi connectivity index (χ1) is 10.2. The first-order valence-corrected chi connectivity index (χ1v) is 6.93. The topological polar surface area (TPSA) is 53.7 Å². The van der Waals surface area contributed by atoms with E-state index in [9.17, 15) is 0 Å². The van der Waals surface area contributed by atoms with Crippen LogP contribution in [0.1, 0.15) is 23.1 Å². The highest BCUT2D eigenvalue weighted by Crippen LogP contribution is 2.40. The molecule has 21 heavy (non-hydrogen) atoms. The number of fused-ring (bicyclic) bond motifs is 1. The van der Waals surface area contributed by atoms with Crippen LogP contribution >= 0.6 is 0 Å². The van der Waals surface area contributed by atoms with Gasteiger partial charge in [-0.1, -0.05) is 18.2 Å². The van der Waals surface area contributed by atoms with Crippen LogP contribution < -0.4 is 19.9 Å². The molecule has 2 aromatic rings. The third-order valence-corrected chi connectivity index (χ3v) is 3.98. The molecule has 0 aliphatic carbocycles. The van der Waals surface area contributed by atoms with E-state index in [1.807, 2.05) is 42.5 Å². The summed E-state index contributed by atoms with van der Waals surface area (Å²) in [5.41, 5.74) is 8.61. The summed E-state index contributed by atoms with van der Waals surface area (Å²) in [6, 6.07) is 13.7. The average molecular weight is 285 g/mol. The molecule has 0 radical (unpaired) electrons. The Balaban J connectivity index is 1.88. The van der Waals surface area contributed by atoms with Crippen LogP contribution in [0.2, 0.25) is 0 Å². The highest BCUT2D eigenvalue weighted by molar-refractivity contribution is 5.46. The van der Waals surface area contributed by atoms with Gasteiger partial charge in [0.1, 0.15) is 17.2 Å². The molecule has 3 rings (SSSR count). The zero-order valence-electron chi connectivity index (χ0n) is 12.2. The van der Waals surface area contributed by atoms with Gasteiger partial charge in [0.25, 0.3) is 0 Å². The summed E-state index contributed by atoms with van der Waals surface area (Å²) in [5, 5.41) is 0. The molecule has 0 saturated heterocycles. The highest BCUT2D eigenvalue weighted by atomic mass is 16.5. The summed E-state index contributed by atoms with van der Waals surface area (Å²) in [6.45, 7) is 0.563. The Morgan fingerprint density at radius 3 is 2.33 bits per heavy atom. The zero-order chi connectivity index (χ0) is 14.8. The Hall–Kier alpha value is -2.20. The number of ether oxygens (including phenoxy) is 3.